The minimum absolute atomic E-state index is 0.0263. The first-order valence-electron chi connectivity index (χ1n) is 8.53. The minimum atomic E-state index is -4.62. The lowest BCUT2D eigenvalue weighted by molar-refractivity contribution is -0.139. The van der Waals surface area contributed by atoms with Crippen molar-refractivity contribution < 1.29 is 17.9 Å². The molecular formula is C20H17BrF3N3O. The van der Waals surface area contributed by atoms with E-state index in [1.165, 1.54) is 0 Å². The number of halogens is 4. The number of hydrogen-bond acceptors (Lipinski definition) is 4. The predicted molar refractivity (Wildman–Crippen MR) is 105 cm³/mol. The molecule has 0 atom stereocenters. The fourth-order valence-electron chi connectivity index (χ4n) is 2.61. The Morgan fingerprint density at radius 3 is 2.36 bits per heavy atom. The molecule has 2 aromatic carbocycles. The summed E-state index contributed by atoms with van der Waals surface area (Å²) in [5.41, 5.74) is 0.489. The van der Waals surface area contributed by atoms with E-state index in [9.17, 15) is 13.2 Å². The van der Waals surface area contributed by atoms with Gasteiger partial charge >= 0.3 is 6.18 Å². The number of ether oxygens (including phenoxy) is 1. The van der Waals surface area contributed by atoms with E-state index in [0.29, 0.717) is 6.54 Å². The van der Waals surface area contributed by atoms with Crippen molar-refractivity contribution in [2.45, 2.75) is 19.7 Å². The topological polar surface area (TPSA) is 38.2 Å². The summed E-state index contributed by atoms with van der Waals surface area (Å²) in [4.78, 5) is 9.75. The average molecular weight is 452 g/mol. The lowest BCUT2D eigenvalue weighted by Gasteiger charge is -2.23. The molecule has 0 saturated carbocycles. The summed E-state index contributed by atoms with van der Waals surface area (Å²) in [6.07, 6.45) is -3.85. The highest BCUT2D eigenvalue weighted by atomic mass is 79.9. The van der Waals surface area contributed by atoms with Gasteiger partial charge in [0.05, 0.1) is 5.69 Å². The molecular weight excluding hydrogens is 435 g/mol. The Hall–Kier alpha value is -2.61. The van der Waals surface area contributed by atoms with Gasteiger partial charge in [-0.15, -0.1) is 0 Å². The van der Waals surface area contributed by atoms with Crippen LogP contribution < -0.4 is 9.64 Å². The summed E-state index contributed by atoms with van der Waals surface area (Å²) in [5.74, 6) is -0.364. The molecule has 0 N–H and O–H groups in total. The highest BCUT2D eigenvalue weighted by Gasteiger charge is 2.36. The Balaban J connectivity index is 1.98. The summed E-state index contributed by atoms with van der Waals surface area (Å²) in [5, 5.41) is 0. The molecule has 8 heteroatoms. The third-order valence-electron chi connectivity index (χ3n) is 3.97. The number of alkyl halides is 3. The molecule has 0 saturated heterocycles. The average Bonchev–Trinajstić information content (AvgIpc) is 2.68. The van der Waals surface area contributed by atoms with Gasteiger partial charge in [-0.2, -0.15) is 18.2 Å². The molecule has 3 aromatic rings. The van der Waals surface area contributed by atoms with Crippen LogP contribution in [0.2, 0.25) is 0 Å². The summed E-state index contributed by atoms with van der Waals surface area (Å²) < 4.78 is 46.4. The highest BCUT2D eigenvalue weighted by molar-refractivity contribution is 9.10. The fraction of sp³-hybridized carbons (Fsp3) is 0.200. The SMILES string of the molecule is CCN(c1ncc(C(F)(F)F)c(OCc2ccccc2)n1)c1ccccc1Br. The second kappa shape index (κ2) is 8.60. The Morgan fingerprint density at radius 1 is 1.04 bits per heavy atom. The van der Waals surface area contributed by atoms with Crippen molar-refractivity contribution >= 4 is 27.6 Å². The number of nitrogens with zero attached hydrogens (tertiary/aromatic N) is 3. The number of benzene rings is 2. The van der Waals surface area contributed by atoms with E-state index in [-0.39, 0.29) is 12.6 Å². The van der Waals surface area contributed by atoms with Gasteiger partial charge in [0.1, 0.15) is 12.2 Å². The van der Waals surface area contributed by atoms with Crippen LogP contribution in [-0.2, 0) is 12.8 Å². The molecule has 0 aliphatic carbocycles. The zero-order valence-corrected chi connectivity index (χ0v) is 16.5. The standard InChI is InChI=1S/C20H17BrF3N3O/c1-2-27(17-11-7-6-10-16(17)21)19-25-12-15(20(22,23)24)18(26-19)28-13-14-8-4-3-5-9-14/h3-12H,2,13H2,1H3. The molecule has 1 heterocycles. The van der Waals surface area contributed by atoms with Gasteiger partial charge in [-0.1, -0.05) is 42.5 Å². The maximum Gasteiger partial charge on any atom is 0.423 e. The van der Waals surface area contributed by atoms with Crippen LogP contribution in [-0.4, -0.2) is 16.5 Å². The second-order valence-corrected chi connectivity index (χ2v) is 6.71. The van der Waals surface area contributed by atoms with Crippen molar-refractivity contribution in [3.05, 3.63) is 76.4 Å². The number of para-hydroxylation sites is 1. The van der Waals surface area contributed by atoms with Gasteiger partial charge in [0.2, 0.25) is 11.8 Å². The van der Waals surface area contributed by atoms with Crippen molar-refractivity contribution in [1.29, 1.82) is 0 Å². The van der Waals surface area contributed by atoms with E-state index in [1.807, 2.05) is 37.3 Å². The zero-order valence-electron chi connectivity index (χ0n) is 14.9. The molecule has 0 spiro atoms. The maximum absolute atomic E-state index is 13.4. The van der Waals surface area contributed by atoms with Crippen LogP contribution in [0.1, 0.15) is 18.1 Å². The first-order chi connectivity index (χ1) is 13.4. The molecule has 0 unspecified atom stereocenters. The van der Waals surface area contributed by atoms with E-state index in [1.54, 1.807) is 29.2 Å². The third-order valence-corrected chi connectivity index (χ3v) is 4.64. The van der Waals surface area contributed by atoms with Gasteiger partial charge in [-0.25, -0.2) is 4.98 Å². The largest absolute Gasteiger partial charge is 0.472 e. The van der Waals surface area contributed by atoms with E-state index < -0.39 is 17.6 Å². The number of anilines is 2. The normalized spacial score (nSPS) is 11.3. The quantitative estimate of drug-likeness (QED) is 0.460. The van der Waals surface area contributed by atoms with Crippen LogP contribution >= 0.6 is 15.9 Å². The molecule has 1 aromatic heterocycles. The van der Waals surface area contributed by atoms with Crippen LogP contribution in [0.3, 0.4) is 0 Å². The fourth-order valence-corrected chi connectivity index (χ4v) is 3.11. The lowest BCUT2D eigenvalue weighted by atomic mass is 10.2. The van der Waals surface area contributed by atoms with Crippen LogP contribution in [0.5, 0.6) is 5.88 Å². The second-order valence-electron chi connectivity index (χ2n) is 5.86. The Morgan fingerprint density at radius 2 is 1.71 bits per heavy atom. The first kappa shape index (κ1) is 20.1. The highest BCUT2D eigenvalue weighted by Crippen LogP contribution is 2.37. The molecule has 4 nitrogen and oxygen atoms in total. The van der Waals surface area contributed by atoms with Gasteiger partial charge in [0.25, 0.3) is 0 Å². The van der Waals surface area contributed by atoms with Crippen LogP contribution in [0.25, 0.3) is 0 Å². The molecule has 0 bridgehead atoms. The van der Waals surface area contributed by atoms with Crippen molar-refractivity contribution in [3.8, 4) is 5.88 Å². The maximum atomic E-state index is 13.4. The monoisotopic (exact) mass is 451 g/mol. The van der Waals surface area contributed by atoms with Crippen LogP contribution in [0, 0.1) is 0 Å². The molecule has 28 heavy (non-hydrogen) atoms. The van der Waals surface area contributed by atoms with E-state index in [0.717, 1.165) is 21.9 Å². The lowest BCUT2D eigenvalue weighted by Crippen LogP contribution is -2.21. The molecule has 0 radical (unpaired) electrons. The first-order valence-corrected chi connectivity index (χ1v) is 9.32. The molecule has 0 amide bonds. The molecule has 3 rings (SSSR count). The van der Waals surface area contributed by atoms with Crippen molar-refractivity contribution in [3.63, 3.8) is 0 Å². The number of rotatable bonds is 6. The van der Waals surface area contributed by atoms with E-state index >= 15 is 0 Å². The van der Waals surface area contributed by atoms with Gasteiger partial charge in [0, 0.05) is 17.2 Å². The summed E-state index contributed by atoms with van der Waals surface area (Å²) in [6, 6.07) is 16.3. The Bertz CT molecular complexity index is 935. The summed E-state index contributed by atoms with van der Waals surface area (Å²) in [7, 11) is 0. The van der Waals surface area contributed by atoms with Crippen molar-refractivity contribution in [1.82, 2.24) is 9.97 Å². The minimum Gasteiger partial charge on any atom is -0.472 e. The van der Waals surface area contributed by atoms with Gasteiger partial charge in [0.15, 0.2) is 0 Å². The molecule has 146 valence electrons. The van der Waals surface area contributed by atoms with Crippen LogP contribution in [0.15, 0.2) is 65.3 Å². The molecule has 0 aliphatic rings. The van der Waals surface area contributed by atoms with Crippen molar-refractivity contribution in [2.75, 3.05) is 11.4 Å². The van der Waals surface area contributed by atoms with Crippen LogP contribution in [0.4, 0.5) is 24.8 Å². The summed E-state index contributed by atoms with van der Waals surface area (Å²) >= 11 is 3.45. The molecule has 0 fully saturated rings. The smallest absolute Gasteiger partial charge is 0.423 e. The number of aromatic nitrogens is 2. The number of hydrogen-bond donors (Lipinski definition) is 0. The van der Waals surface area contributed by atoms with Gasteiger partial charge < -0.3 is 9.64 Å². The zero-order chi connectivity index (χ0) is 20.1. The van der Waals surface area contributed by atoms with Gasteiger partial charge in [-0.3, -0.25) is 0 Å². The third kappa shape index (κ3) is 4.62. The molecule has 0 aliphatic heterocycles. The van der Waals surface area contributed by atoms with E-state index in [4.69, 9.17) is 4.74 Å². The van der Waals surface area contributed by atoms with E-state index in [2.05, 4.69) is 25.9 Å². The van der Waals surface area contributed by atoms with Crippen molar-refractivity contribution in [2.24, 2.45) is 0 Å². The predicted octanol–water partition coefficient (Wildman–Crippen LogP) is 5.99. The Kier molecular flexibility index (Phi) is 6.18. The Labute approximate surface area is 169 Å². The van der Waals surface area contributed by atoms with Gasteiger partial charge in [-0.05, 0) is 40.5 Å². The summed E-state index contributed by atoms with van der Waals surface area (Å²) in [6.45, 7) is 2.30.